The van der Waals surface area contributed by atoms with Crippen LogP contribution in [0.3, 0.4) is 0 Å². The zero-order valence-electron chi connectivity index (χ0n) is 12.4. The minimum Gasteiger partial charge on any atom is -0.493 e. The summed E-state index contributed by atoms with van der Waals surface area (Å²) in [6, 6.07) is 6.10. The Bertz CT molecular complexity index is 634. The predicted molar refractivity (Wildman–Crippen MR) is 83.6 cm³/mol. The highest BCUT2D eigenvalue weighted by Crippen LogP contribution is 2.35. The van der Waals surface area contributed by atoms with E-state index in [0.29, 0.717) is 6.04 Å². The van der Waals surface area contributed by atoms with Crippen molar-refractivity contribution in [2.45, 2.75) is 51.2 Å². The summed E-state index contributed by atoms with van der Waals surface area (Å²) in [6.07, 6.45) is 6.84. The quantitative estimate of drug-likeness (QED) is 0.909. The summed E-state index contributed by atoms with van der Waals surface area (Å²) in [7, 11) is 0. The highest BCUT2D eigenvalue weighted by molar-refractivity contribution is 5.94. The second kappa shape index (κ2) is 5.90. The van der Waals surface area contributed by atoms with Gasteiger partial charge in [0.05, 0.1) is 6.10 Å². The first-order valence-electron chi connectivity index (χ1n) is 7.70. The van der Waals surface area contributed by atoms with Gasteiger partial charge in [0.1, 0.15) is 5.75 Å². The molecule has 4 nitrogen and oxygen atoms in total. The number of nitrogens with two attached hydrogens (primary N) is 1. The van der Waals surface area contributed by atoms with Crippen LogP contribution in [0.2, 0.25) is 0 Å². The number of ether oxygens (including phenoxy) is 1. The maximum Gasteiger partial charge on any atom is 0.218 e. The van der Waals surface area contributed by atoms with Gasteiger partial charge in [0.15, 0.2) is 0 Å². The van der Waals surface area contributed by atoms with Gasteiger partial charge in [0.2, 0.25) is 5.88 Å². The molecule has 1 aromatic carbocycles. The van der Waals surface area contributed by atoms with Gasteiger partial charge in [0, 0.05) is 23.0 Å². The van der Waals surface area contributed by atoms with Crippen LogP contribution in [0, 0.1) is 0 Å². The summed E-state index contributed by atoms with van der Waals surface area (Å²) in [5.41, 5.74) is 7.05. The first-order chi connectivity index (χ1) is 10.2. The lowest BCUT2D eigenvalue weighted by atomic mass is 9.93. The van der Waals surface area contributed by atoms with E-state index in [1.165, 1.54) is 0 Å². The van der Waals surface area contributed by atoms with Gasteiger partial charge in [-0.2, -0.15) is 0 Å². The molecule has 0 saturated heterocycles. The van der Waals surface area contributed by atoms with Crippen LogP contribution in [-0.2, 0) is 6.42 Å². The Morgan fingerprint density at radius 2 is 2.05 bits per heavy atom. The molecule has 1 aromatic heterocycles. The van der Waals surface area contributed by atoms with Crippen molar-refractivity contribution in [2.75, 3.05) is 0 Å². The topological polar surface area (TPSA) is 68.4 Å². The normalized spacial score (nSPS) is 22.4. The zero-order chi connectivity index (χ0) is 14.8. The monoisotopic (exact) mass is 286 g/mol. The largest absolute Gasteiger partial charge is 0.493 e. The maximum absolute atomic E-state index is 9.97. The van der Waals surface area contributed by atoms with Gasteiger partial charge in [0.25, 0.3) is 0 Å². The molecule has 1 fully saturated rings. The summed E-state index contributed by atoms with van der Waals surface area (Å²) < 4.78 is 6.22. The summed E-state index contributed by atoms with van der Waals surface area (Å²) in [5, 5.41) is 11.7. The molecule has 112 valence electrons. The van der Waals surface area contributed by atoms with Crippen molar-refractivity contribution in [3.63, 3.8) is 0 Å². The molecule has 0 amide bonds. The Morgan fingerprint density at radius 1 is 1.29 bits per heavy atom. The Morgan fingerprint density at radius 3 is 2.76 bits per heavy atom. The van der Waals surface area contributed by atoms with Crippen molar-refractivity contribution in [1.82, 2.24) is 4.98 Å². The molecule has 1 aliphatic rings. The van der Waals surface area contributed by atoms with Crippen LogP contribution in [0.25, 0.3) is 10.8 Å². The molecule has 1 aliphatic carbocycles. The Hall–Kier alpha value is -1.81. The van der Waals surface area contributed by atoms with E-state index in [0.717, 1.165) is 54.2 Å². The van der Waals surface area contributed by atoms with Crippen molar-refractivity contribution in [2.24, 2.45) is 5.73 Å². The molecule has 2 aromatic rings. The highest BCUT2D eigenvalue weighted by atomic mass is 16.5. The van der Waals surface area contributed by atoms with Gasteiger partial charge in [-0.05, 0) is 49.8 Å². The van der Waals surface area contributed by atoms with Crippen LogP contribution >= 0.6 is 0 Å². The standard InChI is InChI=1S/C17H22N2O2/c1-2-11-10-19-17(20)14-4-3-5-15(16(11)14)21-13-8-6-12(18)7-9-13/h3-5,10,12-13H,2,6-9,18H2,1H3,(H,19,20)/t12-,13-. The van der Waals surface area contributed by atoms with Gasteiger partial charge in [-0.15, -0.1) is 0 Å². The summed E-state index contributed by atoms with van der Waals surface area (Å²) in [6.45, 7) is 2.09. The van der Waals surface area contributed by atoms with Gasteiger partial charge >= 0.3 is 0 Å². The molecule has 3 N–H and O–H groups in total. The second-order valence-electron chi connectivity index (χ2n) is 5.79. The zero-order valence-corrected chi connectivity index (χ0v) is 12.4. The number of rotatable bonds is 3. The fraction of sp³-hybridized carbons (Fsp3) is 0.471. The number of pyridine rings is 1. The Balaban J connectivity index is 1.96. The molecule has 4 heteroatoms. The van der Waals surface area contributed by atoms with Gasteiger partial charge in [-0.3, -0.25) is 0 Å². The maximum atomic E-state index is 9.97. The van der Waals surface area contributed by atoms with Crippen LogP contribution in [-0.4, -0.2) is 22.2 Å². The van der Waals surface area contributed by atoms with Crippen molar-refractivity contribution in [3.05, 3.63) is 30.0 Å². The van der Waals surface area contributed by atoms with E-state index in [4.69, 9.17) is 10.5 Å². The van der Waals surface area contributed by atoms with E-state index in [1.807, 2.05) is 18.2 Å². The third kappa shape index (κ3) is 2.81. The van der Waals surface area contributed by atoms with E-state index < -0.39 is 0 Å². The number of fused-ring (bicyclic) bond motifs is 1. The molecule has 0 aliphatic heterocycles. The average molecular weight is 286 g/mol. The number of aromatic nitrogens is 1. The molecule has 0 spiro atoms. The van der Waals surface area contributed by atoms with Gasteiger partial charge in [-0.25, -0.2) is 4.98 Å². The molecule has 1 saturated carbocycles. The lowest BCUT2D eigenvalue weighted by Crippen LogP contribution is -2.31. The number of nitrogens with zero attached hydrogens (tertiary/aromatic N) is 1. The van der Waals surface area contributed by atoms with E-state index in [1.54, 1.807) is 6.20 Å². The highest BCUT2D eigenvalue weighted by Gasteiger charge is 2.21. The van der Waals surface area contributed by atoms with Crippen molar-refractivity contribution >= 4 is 10.8 Å². The van der Waals surface area contributed by atoms with Crippen LogP contribution < -0.4 is 10.5 Å². The van der Waals surface area contributed by atoms with Crippen LogP contribution in [0.1, 0.15) is 38.2 Å². The lowest BCUT2D eigenvalue weighted by molar-refractivity contribution is 0.149. The molecule has 21 heavy (non-hydrogen) atoms. The number of hydrogen-bond donors (Lipinski definition) is 2. The van der Waals surface area contributed by atoms with E-state index >= 15 is 0 Å². The Kier molecular flexibility index (Phi) is 3.97. The van der Waals surface area contributed by atoms with Crippen molar-refractivity contribution in [1.29, 1.82) is 0 Å². The molecule has 0 bridgehead atoms. The third-order valence-corrected chi connectivity index (χ3v) is 4.32. The van der Waals surface area contributed by atoms with Crippen molar-refractivity contribution in [3.8, 4) is 11.6 Å². The minimum absolute atomic E-state index is 0.0679. The van der Waals surface area contributed by atoms with E-state index in [9.17, 15) is 5.11 Å². The van der Waals surface area contributed by atoms with Crippen LogP contribution in [0.5, 0.6) is 11.6 Å². The lowest BCUT2D eigenvalue weighted by Gasteiger charge is -2.27. The summed E-state index contributed by atoms with van der Waals surface area (Å²) >= 11 is 0. The van der Waals surface area contributed by atoms with Crippen LogP contribution in [0.4, 0.5) is 0 Å². The summed E-state index contributed by atoms with van der Waals surface area (Å²) in [5.74, 6) is 0.917. The fourth-order valence-electron chi connectivity index (χ4n) is 3.07. The number of benzene rings is 1. The smallest absolute Gasteiger partial charge is 0.218 e. The Labute approximate surface area is 124 Å². The first-order valence-corrected chi connectivity index (χ1v) is 7.70. The molecule has 0 atom stereocenters. The molecular formula is C17H22N2O2. The second-order valence-corrected chi connectivity index (χ2v) is 5.79. The SMILES string of the molecule is CCc1cnc(O)c2cccc(O[C@H]3CC[C@H](N)CC3)c12. The molecule has 3 rings (SSSR count). The minimum atomic E-state index is 0.0679. The van der Waals surface area contributed by atoms with Gasteiger partial charge < -0.3 is 15.6 Å². The number of aryl methyl sites for hydroxylation is 1. The van der Waals surface area contributed by atoms with Crippen molar-refractivity contribution < 1.29 is 9.84 Å². The first kappa shape index (κ1) is 14.1. The predicted octanol–water partition coefficient (Wildman–Crippen LogP) is 3.15. The molecular weight excluding hydrogens is 264 g/mol. The van der Waals surface area contributed by atoms with E-state index in [2.05, 4.69) is 11.9 Å². The van der Waals surface area contributed by atoms with Crippen LogP contribution in [0.15, 0.2) is 24.4 Å². The number of hydrogen-bond acceptors (Lipinski definition) is 4. The fourth-order valence-corrected chi connectivity index (χ4v) is 3.07. The third-order valence-electron chi connectivity index (χ3n) is 4.32. The molecule has 0 unspecified atom stereocenters. The van der Waals surface area contributed by atoms with Gasteiger partial charge in [-0.1, -0.05) is 13.0 Å². The molecule has 0 radical (unpaired) electrons. The number of aromatic hydroxyl groups is 1. The summed E-state index contributed by atoms with van der Waals surface area (Å²) in [4.78, 5) is 4.06. The average Bonchev–Trinajstić information content (AvgIpc) is 2.51. The van der Waals surface area contributed by atoms with E-state index in [-0.39, 0.29) is 12.0 Å². The molecule has 1 heterocycles.